The SMILES string of the molecule is CCc1cc(COc2ccc(S(N)(=O)=O)cc2C)n(C)n1. The maximum Gasteiger partial charge on any atom is 0.238 e. The van der Waals surface area contributed by atoms with Crippen LogP contribution in [0.4, 0.5) is 0 Å². The predicted octanol–water partition coefficient (Wildman–Crippen LogP) is 1.52. The first-order chi connectivity index (χ1) is 9.81. The summed E-state index contributed by atoms with van der Waals surface area (Å²) in [6.07, 6.45) is 0.871. The number of sulfonamides is 1. The molecule has 0 radical (unpaired) electrons. The minimum Gasteiger partial charge on any atom is -0.487 e. The lowest BCUT2D eigenvalue weighted by atomic mass is 10.2. The molecule has 21 heavy (non-hydrogen) atoms. The molecule has 0 aliphatic heterocycles. The van der Waals surface area contributed by atoms with Crippen LogP contribution in [-0.4, -0.2) is 18.2 Å². The number of nitrogens with two attached hydrogens (primary N) is 1. The minimum atomic E-state index is -3.69. The topological polar surface area (TPSA) is 87.2 Å². The standard InChI is InChI=1S/C14H19N3O3S/c1-4-11-8-12(17(3)16-11)9-20-14-6-5-13(7-10(14)2)21(15,18)19/h5-8H,4,9H2,1-3H3,(H2,15,18,19). The molecular formula is C14H19N3O3S. The number of rotatable bonds is 5. The average molecular weight is 309 g/mol. The van der Waals surface area contributed by atoms with Crippen molar-refractivity contribution in [3.63, 3.8) is 0 Å². The molecule has 114 valence electrons. The van der Waals surface area contributed by atoms with Gasteiger partial charge < -0.3 is 4.74 Å². The first kappa shape index (κ1) is 15.5. The molecule has 2 aromatic rings. The van der Waals surface area contributed by atoms with E-state index >= 15 is 0 Å². The van der Waals surface area contributed by atoms with E-state index in [0.717, 1.165) is 23.4 Å². The Morgan fingerprint density at radius 1 is 1.33 bits per heavy atom. The van der Waals surface area contributed by atoms with Crippen LogP contribution in [0.5, 0.6) is 5.75 Å². The zero-order valence-corrected chi connectivity index (χ0v) is 13.1. The van der Waals surface area contributed by atoms with Crippen molar-refractivity contribution in [2.75, 3.05) is 0 Å². The van der Waals surface area contributed by atoms with E-state index < -0.39 is 10.0 Å². The average Bonchev–Trinajstić information content (AvgIpc) is 2.77. The van der Waals surface area contributed by atoms with Crippen molar-refractivity contribution in [2.45, 2.75) is 31.8 Å². The van der Waals surface area contributed by atoms with E-state index in [0.29, 0.717) is 12.4 Å². The Bertz CT molecular complexity index is 751. The van der Waals surface area contributed by atoms with Gasteiger partial charge in [-0.25, -0.2) is 13.6 Å². The van der Waals surface area contributed by atoms with Gasteiger partial charge in [0.25, 0.3) is 0 Å². The minimum absolute atomic E-state index is 0.0844. The summed E-state index contributed by atoms with van der Waals surface area (Å²) in [5, 5.41) is 9.45. The number of nitrogens with zero attached hydrogens (tertiary/aromatic N) is 2. The van der Waals surface area contributed by atoms with Gasteiger partial charge in [-0.3, -0.25) is 4.68 Å². The molecular weight excluding hydrogens is 290 g/mol. The van der Waals surface area contributed by atoms with E-state index in [9.17, 15) is 8.42 Å². The highest BCUT2D eigenvalue weighted by Gasteiger charge is 2.11. The van der Waals surface area contributed by atoms with E-state index in [1.165, 1.54) is 12.1 Å². The summed E-state index contributed by atoms with van der Waals surface area (Å²) >= 11 is 0. The number of hydrogen-bond acceptors (Lipinski definition) is 4. The summed E-state index contributed by atoms with van der Waals surface area (Å²) in [6.45, 7) is 4.20. The number of primary sulfonamides is 1. The Morgan fingerprint density at radius 2 is 2.05 bits per heavy atom. The maximum atomic E-state index is 11.3. The molecule has 0 unspecified atom stereocenters. The second kappa shape index (κ2) is 5.87. The Balaban J connectivity index is 2.15. The highest BCUT2D eigenvalue weighted by Crippen LogP contribution is 2.22. The quantitative estimate of drug-likeness (QED) is 0.907. The van der Waals surface area contributed by atoms with Crippen molar-refractivity contribution in [2.24, 2.45) is 12.2 Å². The summed E-state index contributed by atoms with van der Waals surface area (Å²) in [6, 6.07) is 6.56. The van der Waals surface area contributed by atoms with Crippen LogP contribution in [0.2, 0.25) is 0 Å². The molecule has 1 aromatic heterocycles. The molecule has 0 fully saturated rings. The maximum absolute atomic E-state index is 11.3. The molecule has 0 saturated heterocycles. The second-order valence-corrected chi connectivity index (χ2v) is 6.43. The van der Waals surface area contributed by atoms with E-state index in [-0.39, 0.29) is 4.90 Å². The number of benzene rings is 1. The number of hydrogen-bond donors (Lipinski definition) is 1. The Kier molecular flexibility index (Phi) is 4.34. The van der Waals surface area contributed by atoms with Crippen molar-refractivity contribution >= 4 is 10.0 Å². The fourth-order valence-corrected chi connectivity index (χ4v) is 2.59. The first-order valence-electron chi connectivity index (χ1n) is 6.59. The monoisotopic (exact) mass is 309 g/mol. The van der Waals surface area contributed by atoms with Crippen molar-refractivity contribution < 1.29 is 13.2 Å². The third-order valence-electron chi connectivity index (χ3n) is 3.24. The third-order valence-corrected chi connectivity index (χ3v) is 4.15. The van der Waals surface area contributed by atoms with Crippen LogP contribution in [0.3, 0.4) is 0 Å². The fourth-order valence-electron chi connectivity index (χ4n) is 1.99. The van der Waals surface area contributed by atoms with E-state index in [4.69, 9.17) is 9.88 Å². The van der Waals surface area contributed by atoms with Gasteiger partial charge in [0, 0.05) is 7.05 Å². The molecule has 0 bridgehead atoms. The molecule has 0 atom stereocenters. The summed E-state index contributed by atoms with van der Waals surface area (Å²) in [5.74, 6) is 0.627. The lowest BCUT2D eigenvalue weighted by Gasteiger charge is -2.10. The van der Waals surface area contributed by atoms with Gasteiger partial charge in [0.1, 0.15) is 12.4 Å². The number of aryl methyl sites for hydroxylation is 3. The van der Waals surface area contributed by atoms with Crippen LogP contribution in [-0.2, 0) is 30.1 Å². The summed E-state index contributed by atoms with van der Waals surface area (Å²) in [5.41, 5.74) is 2.69. The van der Waals surface area contributed by atoms with Gasteiger partial charge >= 0.3 is 0 Å². The molecule has 6 nitrogen and oxygen atoms in total. The van der Waals surface area contributed by atoms with Crippen molar-refractivity contribution in [3.8, 4) is 5.75 Å². The normalized spacial score (nSPS) is 11.6. The van der Waals surface area contributed by atoms with E-state index in [1.54, 1.807) is 17.7 Å². The van der Waals surface area contributed by atoms with Crippen LogP contribution in [0.25, 0.3) is 0 Å². The zero-order chi connectivity index (χ0) is 15.6. The van der Waals surface area contributed by atoms with Gasteiger partial charge in [-0.2, -0.15) is 5.10 Å². The first-order valence-corrected chi connectivity index (χ1v) is 8.14. The smallest absolute Gasteiger partial charge is 0.238 e. The van der Waals surface area contributed by atoms with Crippen LogP contribution >= 0.6 is 0 Å². The fraction of sp³-hybridized carbons (Fsp3) is 0.357. The number of ether oxygens (including phenoxy) is 1. The van der Waals surface area contributed by atoms with Gasteiger partial charge in [-0.05, 0) is 43.2 Å². The second-order valence-electron chi connectivity index (χ2n) is 4.87. The molecule has 0 aliphatic rings. The summed E-state index contributed by atoms with van der Waals surface area (Å²) in [7, 11) is -1.82. The highest BCUT2D eigenvalue weighted by atomic mass is 32.2. The molecule has 7 heteroatoms. The van der Waals surface area contributed by atoms with Crippen LogP contribution in [0, 0.1) is 6.92 Å². The molecule has 0 aliphatic carbocycles. The van der Waals surface area contributed by atoms with Gasteiger partial charge in [0.2, 0.25) is 10.0 Å². The Labute approximate surface area is 124 Å². The molecule has 1 heterocycles. The largest absolute Gasteiger partial charge is 0.487 e. The lowest BCUT2D eigenvalue weighted by molar-refractivity contribution is 0.292. The van der Waals surface area contributed by atoms with E-state index in [2.05, 4.69) is 5.10 Å². The molecule has 2 N–H and O–H groups in total. The van der Waals surface area contributed by atoms with Crippen LogP contribution in [0.15, 0.2) is 29.2 Å². The van der Waals surface area contributed by atoms with Gasteiger partial charge in [-0.1, -0.05) is 6.92 Å². The zero-order valence-electron chi connectivity index (χ0n) is 12.3. The van der Waals surface area contributed by atoms with Crippen molar-refractivity contribution in [1.29, 1.82) is 0 Å². The van der Waals surface area contributed by atoms with Crippen molar-refractivity contribution in [1.82, 2.24) is 9.78 Å². The third kappa shape index (κ3) is 3.62. The molecule has 1 aromatic carbocycles. The molecule has 0 spiro atoms. The molecule has 0 saturated carbocycles. The molecule has 0 amide bonds. The van der Waals surface area contributed by atoms with Crippen LogP contribution in [0.1, 0.15) is 23.9 Å². The van der Waals surface area contributed by atoms with E-state index in [1.807, 2.05) is 20.0 Å². The number of aromatic nitrogens is 2. The van der Waals surface area contributed by atoms with Crippen LogP contribution < -0.4 is 9.88 Å². The summed E-state index contributed by atoms with van der Waals surface area (Å²) < 4.78 is 30.1. The predicted molar refractivity (Wildman–Crippen MR) is 79.5 cm³/mol. The molecule has 2 rings (SSSR count). The Morgan fingerprint density at radius 3 is 2.57 bits per heavy atom. The lowest BCUT2D eigenvalue weighted by Crippen LogP contribution is -2.12. The van der Waals surface area contributed by atoms with Crippen molar-refractivity contribution in [3.05, 3.63) is 41.2 Å². The highest BCUT2D eigenvalue weighted by molar-refractivity contribution is 7.89. The van der Waals surface area contributed by atoms with Gasteiger partial charge in [0.15, 0.2) is 0 Å². The Hall–Kier alpha value is -1.86. The van der Waals surface area contributed by atoms with Gasteiger partial charge in [0.05, 0.1) is 16.3 Å². The summed E-state index contributed by atoms with van der Waals surface area (Å²) in [4.78, 5) is 0.0844. The van der Waals surface area contributed by atoms with Gasteiger partial charge in [-0.15, -0.1) is 0 Å².